The second-order valence-corrected chi connectivity index (χ2v) is 6.78. The zero-order valence-corrected chi connectivity index (χ0v) is 14.2. The van der Waals surface area contributed by atoms with Crippen LogP contribution in [0.1, 0.15) is 28.5 Å². The number of amides is 1. The molecule has 4 rings (SSSR count). The Morgan fingerprint density at radius 3 is 2.91 bits per heavy atom. The molecule has 0 saturated carbocycles. The van der Waals surface area contributed by atoms with Crippen LogP contribution in [0.25, 0.3) is 5.65 Å². The first kappa shape index (κ1) is 14.4. The lowest BCUT2D eigenvalue weighted by Gasteiger charge is -2.34. The molecule has 5 nitrogen and oxygen atoms in total. The van der Waals surface area contributed by atoms with Crippen molar-refractivity contribution in [3.8, 4) is 0 Å². The molecule has 3 heterocycles. The van der Waals surface area contributed by atoms with Crippen molar-refractivity contribution in [1.29, 1.82) is 0 Å². The SMILES string of the molecule is CC1Cc2ccccc2CN1C(=O)c1cc2ncc(Br)cn2n1. The zero-order valence-electron chi connectivity index (χ0n) is 12.6. The fourth-order valence-corrected chi connectivity index (χ4v) is 3.35. The summed E-state index contributed by atoms with van der Waals surface area (Å²) in [5.41, 5.74) is 3.64. The van der Waals surface area contributed by atoms with Gasteiger partial charge in [0.1, 0.15) is 0 Å². The van der Waals surface area contributed by atoms with Crippen molar-refractivity contribution >= 4 is 27.5 Å². The molecule has 1 aliphatic heterocycles. The lowest BCUT2D eigenvalue weighted by atomic mass is 9.94. The Labute approximate surface area is 142 Å². The smallest absolute Gasteiger partial charge is 0.275 e. The summed E-state index contributed by atoms with van der Waals surface area (Å²) in [7, 11) is 0. The van der Waals surface area contributed by atoms with Crippen molar-refractivity contribution in [2.75, 3.05) is 0 Å². The third-order valence-corrected chi connectivity index (χ3v) is 4.68. The third-order valence-electron chi connectivity index (χ3n) is 4.27. The Bertz CT molecular complexity index is 904. The second kappa shape index (κ2) is 5.45. The number of carbonyl (C=O) groups excluding carboxylic acids is 1. The van der Waals surface area contributed by atoms with Gasteiger partial charge in [-0.2, -0.15) is 5.10 Å². The molecule has 0 fully saturated rings. The largest absolute Gasteiger partial charge is 0.330 e. The summed E-state index contributed by atoms with van der Waals surface area (Å²) in [6.45, 7) is 2.71. The van der Waals surface area contributed by atoms with Crippen LogP contribution in [-0.4, -0.2) is 31.4 Å². The summed E-state index contributed by atoms with van der Waals surface area (Å²) in [4.78, 5) is 19.0. The lowest BCUT2D eigenvalue weighted by molar-refractivity contribution is 0.0652. The molecule has 1 unspecified atom stereocenters. The molecule has 0 radical (unpaired) electrons. The summed E-state index contributed by atoms with van der Waals surface area (Å²) in [6.07, 6.45) is 4.37. The van der Waals surface area contributed by atoms with E-state index < -0.39 is 0 Å². The van der Waals surface area contributed by atoms with Crippen LogP contribution < -0.4 is 0 Å². The standard InChI is InChI=1S/C17H15BrN4O/c1-11-6-12-4-2-3-5-13(12)9-21(11)17(23)15-7-16-19-8-14(18)10-22(16)20-15/h2-5,7-8,10-11H,6,9H2,1H3. The van der Waals surface area contributed by atoms with Gasteiger partial charge in [0.15, 0.2) is 11.3 Å². The predicted octanol–water partition coefficient (Wildman–Crippen LogP) is 3.08. The van der Waals surface area contributed by atoms with E-state index in [2.05, 4.69) is 51.1 Å². The van der Waals surface area contributed by atoms with Gasteiger partial charge in [-0.25, -0.2) is 9.50 Å². The van der Waals surface area contributed by atoms with Gasteiger partial charge in [0, 0.05) is 31.0 Å². The van der Waals surface area contributed by atoms with Gasteiger partial charge < -0.3 is 4.90 Å². The van der Waals surface area contributed by atoms with Crippen LogP contribution in [0.2, 0.25) is 0 Å². The number of hydrogen-bond acceptors (Lipinski definition) is 3. The molecule has 0 spiro atoms. The van der Waals surface area contributed by atoms with Gasteiger partial charge in [0.05, 0.1) is 4.47 Å². The molecule has 0 aliphatic carbocycles. The highest BCUT2D eigenvalue weighted by molar-refractivity contribution is 9.10. The topological polar surface area (TPSA) is 50.5 Å². The quantitative estimate of drug-likeness (QED) is 0.661. The average Bonchev–Trinajstić information content (AvgIpc) is 2.96. The van der Waals surface area contributed by atoms with Crippen LogP contribution in [0, 0.1) is 0 Å². The maximum absolute atomic E-state index is 12.9. The summed E-state index contributed by atoms with van der Waals surface area (Å²) in [5, 5.41) is 4.37. The predicted molar refractivity (Wildman–Crippen MR) is 90.2 cm³/mol. The Kier molecular flexibility index (Phi) is 3.41. The molecule has 23 heavy (non-hydrogen) atoms. The maximum atomic E-state index is 12.9. The minimum atomic E-state index is -0.0476. The van der Waals surface area contributed by atoms with E-state index in [1.54, 1.807) is 23.0 Å². The van der Waals surface area contributed by atoms with Crippen LogP contribution in [0.3, 0.4) is 0 Å². The first-order chi connectivity index (χ1) is 11.1. The van der Waals surface area contributed by atoms with Gasteiger partial charge in [-0.15, -0.1) is 0 Å². The van der Waals surface area contributed by atoms with E-state index in [1.165, 1.54) is 11.1 Å². The second-order valence-electron chi connectivity index (χ2n) is 5.86. The van der Waals surface area contributed by atoms with E-state index in [4.69, 9.17) is 0 Å². The van der Waals surface area contributed by atoms with Gasteiger partial charge >= 0.3 is 0 Å². The van der Waals surface area contributed by atoms with Crippen LogP contribution in [0.15, 0.2) is 47.2 Å². The minimum Gasteiger partial charge on any atom is -0.330 e. The number of rotatable bonds is 1. The van der Waals surface area contributed by atoms with Crippen molar-refractivity contribution in [3.63, 3.8) is 0 Å². The molecule has 1 aromatic carbocycles. The van der Waals surface area contributed by atoms with Crippen molar-refractivity contribution in [2.45, 2.75) is 25.9 Å². The minimum absolute atomic E-state index is 0.0476. The van der Waals surface area contributed by atoms with Gasteiger partial charge in [-0.3, -0.25) is 4.79 Å². The monoisotopic (exact) mass is 370 g/mol. The van der Waals surface area contributed by atoms with Gasteiger partial charge in [-0.05, 0) is 40.4 Å². The molecule has 116 valence electrons. The maximum Gasteiger partial charge on any atom is 0.275 e. The Balaban J connectivity index is 1.68. The highest BCUT2D eigenvalue weighted by Crippen LogP contribution is 2.24. The number of benzene rings is 1. The molecule has 0 saturated heterocycles. The Hall–Kier alpha value is -2.21. The zero-order chi connectivity index (χ0) is 16.0. The summed E-state index contributed by atoms with van der Waals surface area (Å²) >= 11 is 3.36. The summed E-state index contributed by atoms with van der Waals surface area (Å²) < 4.78 is 2.45. The molecule has 0 N–H and O–H groups in total. The molecule has 1 aliphatic rings. The first-order valence-electron chi connectivity index (χ1n) is 7.50. The normalized spacial score (nSPS) is 17.3. The number of aromatic nitrogens is 3. The third kappa shape index (κ3) is 2.53. The van der Waals surface area contributed by atoms with E-state index in [9.17, 15) is 4.79 Å². The number of halogens is 1. The van der Waals surface area contributed by atoms with Gasteiger partial charge in [0.2, 0.25) is 0 Å². The number of hydrogen-bond donors (Lipinski definition) is 0. The average molecular weight is 371 g/mol. The van der Waals surface area contributed by atoms with Gasteiger partial charge in [-0.1, -0.05) is 24.3 Å². The van der Waals surface area contributed by atoms with E-state index in [1.807, 2.05) is 11.0 Å². The first-order valence-corrected chi connectivity index (χ1v) is 8.30. The van der Waals surface area contributed by atoms with E-state index in [0.717, 1.165) is 10.9 Å². The number of carbonyl (C=O) groups is 1. The molecule has 0 bridgehead atoms. The van der Waals surface area contributed by atoms with Crippen LogP contribution in [-0.2, 0) is 13.0 Å². The van der Waals surface area contributed by atoms with E-state index >= 15 is 0 Å². The molecular formula is C17H15BrN4O. The van der Waals surface area contributed by atoms with E-state index in [-0.39, 0.29) is 11.9 Å². The Morgan fingerprint density at radius 1 is 1.30 bits per heavy atom. The van der Waals surface area contributed by atoms with Crippen molar-refractivity contribution < 1.29 is 4.79 Å². The Morgan fingerprint density at radius 2 is 2.09 bits per heavy atom. The number of nitrogens with zero attached hydrogens (tertiary/aromatic N) is 4. The van der Waals surface area contributed by atoms with Crippen LogP contribution >= 0.6 is 15.9 Å². The summed E-state index contributed by atoms with van der Waals surface area (Å²) in [6, 6.07) is 10.2. The fraction of sp³-hybridized carbons (Fsp3) is 0.235. The molecule has 3 aromatic rings. The van der Waals surface area contributed by atoms with Crippen LogP contribution in [0.5, 0.6) is 0 Å². The lowest BCUT2D eigenvalue weighted by Crippen LogP contribution is -2.42. The van der Waals surface area contributed by atoms with E-state index in [0.29, 0.717) is 17.9 Å². The summed E-state index contributed by atoms with van der Waals surface area (Å²) in [5.74, 6) is -0.0476. The molecular weight excluding hydrogens is 356 g/mol. The highest BCUT2D eigenvalue weighted by Gasteiger charge is 2.28. The van der Waals surface area contributed by atoms with Crippen molar-refractivity contribution in [3.05, 3.63) is 64.0 Å². The van der Waals surface area contributed by atoms with Gasteiger partial charge in [0.25, 0.3) is 5.91 Å². The molecule has 1 amide bonds. The molecule has 6 heteroatoms. The fourth-order valence-electron chi connectivity index (χ4n) is 3.06. The molecule has 1 atom stereocenters. The molecule has 2 aromatic heterocycles. The van der Waals surface area contributed by atoms with Crippen molar-refractivity contribution in [1.82, 2.24) is 19.5 Å². The number of fused-ring (bicyclic) bond motifs is 2. The van der Waals surface area contributed by atoms with Crippen LogP contribution in [0.4, 0.5) is 0 Å². The highest BCUT2D eigenvalue weighted by atomic mass is 79.9. The van der Waals surface area contributed by atoms with Crippen molar-refractivity contribution in [2.24, 2.45) is 0 Å².